The smallest absolute Gasteiger partial charge is 0.321 e. The molecule has 4 rings (SSSR count). The Morgan fingerprint density at radius 2 is 2.04 bits per heavy atom. The average Bonchev–Trinajstić information content (AvgIpc) is 3.18. The third-order valence-electron chi connectivity index (χ3n) is 3.16. The van der Waals surface area contributed by atoms with Crippen molar-refractivity contribution in [2.45, 2.75) is 5.22 Å². The van der Waals surface area contributed by atoms with Crippen molar-refractivity contribution >= 4 is 28.8 Å². The first kappa shape index (κ1) is 14.0. The first-order valence-electron chi connectivity index (χ1n) is 6.87. The van der Waals surface area contributed by atoms with E-state index in [9.17, 15) is 4.79 Å². The van der Waals surface area contributed by atoms with Gasteiger partial charge in [0.2, 0.25) is 6.79 Å². The van der Waals surface area contributed by atoms with Gasteiger partial charge in [0.05, 0.1) is 0 Å². The molecule has 0 radical (unpaired) electrons. The van der Waals surface area contributed by atoms with E-state index in [0.717, 1.165) is 5.52 Å². The lowest BCUT2D eigenvalue weighted by Gasteiger charge is -2.04. The Bertz CT molecular complexity index is 843. The van der Waals surface area contributed by atoms with Gasteiger partial charge in [0.15, 0.2) is 17.1 Å². The maximum absolute atomic E-state index is 11.9. The van der Waals surface area contributed by atoms with Gasteiger partial charge < -0.3 is 18.6 Å². The van der Waals surface area contributed by atoms with Crippen LogP contribution in [0.15, 0.2) is 52.1 Å². The lowest BCUT2D eigenvalue weighted by atomic mass is 10.3. The van der Waals surface area contributed by atoms with Crippen molar-refractivity contribution in [3.05, 3.63) is 42.5 Å². The van der Waals surface area contributed by atoms with Crippen LogP contribution in [0.3, 0.4) is 0 Å². The van der Waals surface area contributed by atoms with Crippen LogP contribution in [-0.4, -0.2) is 23.5 Å². The van der Waals surface area contributed by atoms with E-state index in [-0.39, 0.29) is 12.5 Å². The summed E-state index contributed by atoms with van der Waals surface area (Å²) in [5.41, 5.74) is 1.46. The third kappa shape index (κ3) is 2.95. The van der Waals surface area contributed by atoms with Crippen LogP contribution in [0.25, 0.3) is 11.1 Å². The zero-order chi connectivity index (χ0) is 15.6. The Labute approximate surface area is 135 Å². The topological polar surface area (TPSA) is 70.8 Å². The number of nitrogens with zero attached hydrogens (tertiary/aromatic N) is 1. The van der Waals surface area contributed by atoms with Crippen molar-refractivity contribution in [1.82, 2.24) is 4.98 Å². The summed E-state index contributed by atoms with van der Waals surface area (Å²) in [5.74, 6) is 1.34. The molecule has 2 heterocycles. The second-order valence-corrected chi connectivity index (χ2v) is 5.65. The number of aromatic nitrogens is 1. The van der Waals surface area contributed by atoms with Crippen molar-refractivity contribution in [2.75, 3.05) is 12.5 Å². The van der Waals surface area contributed by atoms with E-state index in [4.69, 9.17) is 18.6 Å². The van der Waals surface area contributed by atoms with Crippen molar-refractivity contribution in [2.24, 2.45) is 0 Å². The van der Waals surface area contributed by atoms with Crippen LogP contribution in [0.4, 0.5) is 0 Å². The fraction of sp³-hybridized carbons (Fsp3) is 0.125. The molecule has 1 aliphatic heterocycles. The Morgan fingerprint density at radius 3 is 2.96 bits per heavy atom. The monoisotopic (exact) mass is 329 g/mol. The highest BCUT2D eigenvalue weighted by Gasteiger charge is 2.16. The minimum absolute atomic E-state index is 0.0985. The lowest BCUT2D eigenvalue weighted by Crippen LogP contribution is -2.10. The van der Waals surface area contributed by atoms with Crippen molar-refractivity contribution in [3.63, 3.8) is 0 Å². The molecule has 0 unspecified atom stereocenters. The lowest BCUT2D eigenvalue weighted by molar-refractivity contribution is -0.131. The molecular formula is C16H11NO5S. The van der Waals surface area contributed by atoms with Crippen LogP contribution in [0.2, 0.25) is 0 Å². The van der Waals surface area contributed by atoms with Crippen LogP contribution in [0.5, 0.6) is 17.2 Å². The summed E-state index contributed by atoms with van der Waals surface area (Å²) in [7, 11) is 0. The Morgan fingerprint density at radius 1 is 1.17 bits per heavy atom. The third-order valence-corrected chi connectivity index (χ3v) is 3.97. The number of ether oxygens (including phenoxy) is 3. The van der Waals surface area contributed by atoms with E-state index in [0.29, 0.717) is 28.1 Å². The molecule has 0 saturated heterocycles. The second-order valence-electron chi connectivity index (χ2n) is 4.73. The summed E-state index contributed by atoms with van der Waals surface area (Å²) in [4.78, 5) is 16.2. The Hall–Kier alpha value is -2.67. The van der Waals surface area contributed by atoms with Crippen LogP contribution in [-0.2, 0) is 4.79 Å². The molecule has 6 nitrogen and oxygen atoms in total. The molecule has 3 aromatic rings. The normalized spacial score (nSPS) is 12.5. The number of hydrogen-bond acceptors (Lipinski definition) is 7. The molecule has 0 amide bonds. The second kappa shape index (κ2) is 5.85. The van der Waals surface area contributed by atoms with Crippen LogP contribution < -0.4 is 14.2 Å². The fourth-order valence-electron chi connectivity index (χ4n) is 2.13. The number of esters is 1. The van der Waals surface area contributed by atoms with Gasteiger partial charge >= 0.3 is 5.97 Å². The minimum atomic E-state index is -0.392. The summed E-state index contributed by atoms with van der Waals surface area (Å²) in [6.07, 6.45) is 0. The van der Waals surface area contributed by atoms with Crippen LogP contribution in [0, 0.1) is 0 Å². The number of hydrogen-bond donors (Lipinski definition) is 0. The molecule has 116 valence electrons. The maximum Gasteiger partial charge on any atom is 0.321 e. The number of para-hydroxylation sites is 2. The quantitative estimate of drug-likeness (QED) is 0.413. The zero-order valence-electron chi connectivity index (χ0n) is 11.9. The SMILES string of the molecule is O=C(CSc1nc2ccccc2o1)Oc1ccc2c(c1)OCO2. The molecule has 0 bridgehead atoms. The van der Waals surface area contributed by atoms with E-state index >= 15 is 0 Å². The molecule has 23 heavy (non-hydrogen) atoms. The first-order chi connectivity index (χ1) is 11.3. The predicted octanol–water partition coefficient (Wildman–Crippen LogP) is 3.25. The van der Waals surface area contributed by atoms with Gasteiger partial charge in [-0.1, -0.05) is 23.9 Å². The minimum Gasteiger partial charge on any atom is -0.454 e. The zero-order valence-corrected chi connectivity index (χ0v) is 12.7. The largest absolute Gasteiger partial charge is 0.454 e. The molecule has 0 N–H and O–H groups in total. The molecule has 1 aromatic heterocycles. The molecule has 2 aromatic carbocycles. The van der Waals surface area contributed by atoms with Gasteiger partial charge in [-0.15, -0.1) is 0 Å². The van der Waals surface area contributed by atoms with Gasteiger partial charge in [-0.2, -0.15) is 0 Å². The first-order valence-corrected chi connectivity index (χ1v) is 7.85. The average molecular weight is 329 g/mol. The molecule has 0 atom stereocenters. The summed E-state index contributed by atoms with van der Waals surface area (Å²) in [6, 6.07) is 12.4. The highest BCUT2D eigenvalue weighted by atomic mass is 32.2. The van der Waals surface area contributed by atoms with E-state index in [2.05, 4.69) is 4.98 Å². The number of fused-ring (bicyclic) bond motifs is 2. The standard InChI is InChI=1S/C16H11NO5S/c18-15(21-10-5-6-13-14(7-10)20-9-19-13)8-23-16-17-11-3-1-2-4-12(11)22-16/h1-7H,8-9H2. The molecular weight excluding hydrogens is 318 g/mol. The fourth-order valence-corrected chi connectivity index (χ4v) is 2.75. The molecule has 0 spiro atoms. The van der Waals surface area contributed by atoms with Gasteiger partial charge in [0.1, 0.15) is 17.0 Å². The molecule has 0 aliphatic carbocycles. The number of carbonyl (C=O) groups excluding carboxylic acids is 1. The van der Waals surface area contributed by atoms with Crippen LogP contribution in [0.1, 0.15) is 0 Å². The Balaban J connectivity index is 1.38. The van der Waals surface area contributed by atoms with E-state index in [1.807, 2.05) is 24.3 Å². The summed E-state index contributed by atoms with van der Waals surface area (Å²) >= 11 is 1.19. The number of thioether (sulfide) groups is 1. The van der Waals surface area contributed by atoms with Crippen LogP contribution >= 0.6 is 11.8 Å². The van der Waals surface area contributed by atoms with Gasteiger partial charge in [0.25, 0.3) is 5.22 Å². The highest BCUT2D eigenvalue weighted by Crippen LogP contribution is 2.35. The number of oxazole rings is 1. The number of carbonyl (C=O) groups is 1. The molecule has 0 saturated carbocycles. The molecule has 0 fully saturated rings. The Kier molecular flexibility index (Phi) is 3.55. The number of rotatable bonds is 4. The summed E-state index contributed by atoms with van der Waals surface area (Å²) in [5, 5.41) is 0.439. The summed E-state index contributed by atoms with van der Waals surface area (Å²) in [6.45, 7) is 0.181. The predicted molar refractivity (Wildman–Crippen MR) is 82.9 cm³/mol. The number of benzene rings is 2. The van der Waals surface area contributed by atoms with Gasteiger partial charge in [0, 0.05) is 6.07 Å². The van der Waals surface area contributed by atoms with E-state index in [1.54, 1.807) is 18.2 Å². The molecule has 7 heteroatoms. The maximum atomic E-state index is 11.9. The van der Waals surface area contributed by atoms with Crippen molar-refractivity contribution < 1.29 is 23.4 Å². The summed E-state index contributed by atoms with van der Waals surface area (Å²) < 4.78 is 21.3. The molecule has 1 aliphatic rings. The van der Waals surface area contributed by atoms with E-state index < -0.39 is 5.97 Å². The van der Waals surface area contributed by atoms with Gasteiger partial charge in [-0.3, -0.25) is 4.79 Å². The highest BCUT2D eigenvalue weighted by molar-refractivity contribution is 7.99. The van der Waals surface area contributed by atoms with Crippen molar-refractivity contribution in [1.29, 1.82) is 0 Å². The van der Waals surface area contributed by atoms with Gasteiger partial charge in [-0.05, 0) is 24.3 Å². The van der Waals surface area contributed by atoms with Gasteiger partial charge in [-0.25, -0.2) is 4.98 Å². The van der Waals surface area contributed by atoms with Crippen molar-refractivity contribution in [3.8, 4) is 17.2 Å². The van der Waals surface area contributed by atoms with E-state index in [1.165, 1.54) is 11.8 Å².